The molecular formula is C22H24N6O3. The van der Waals surface area contributed by atoms with Crippen LogP contribution in [0.3, 0.4) is 0 Å². The van der Waals surface area contributed by atoms with Crippen LogP contribution in [0.25, 0.3) is 11.3 Å². The molecular weight excluding hydrogens is 396 g/mol. The molecule has 0 radical (unpaired) electrons. The van der Waals surface area contributed by atoms with E-state index in [4.69, 9.17) is 15.6 Å². The van der Waals surface area contributed by atoms with Crippen molar-refractivity contribution in [1.82, 2.24) is 9.97 Å². The number of amides is 1. The number of aromatic nitrogens is 2. The molecule has 1 saturated heterocycles. The van der Waals surface area contributed by atoms with Crippen LogP contribution in [0.15, 0.2) is 54.7 Å². The smallest absolute Gasteiger partial charge is 0.250 e. The normalized spacial score (nSPS) is 13.6. The van der Waals surface area contributed by atoms with Crippen molar-refractivity contribution in [1.29, 1.82) is 0 Å². The van der Waals surface area contributed by atoms with Gasteiger partial charge in [0.2, 0.25) is 11.9 Å². The van der Waals surface area contributed by atoms with E-state index >= 15 is 0 Å². The molecule has 2 aromatic carbocycles. The number of hydrogen-bond donors (Lipinski definition) is 4. The average molecular weight is 420 g/mol. The summed E-state index contributed by atoms with van der Waals surface area (Å²) in [7, 11) is 0. The average Bonchev–Trinajstić information content (AvgIpc) is 2.81. The maximum absolute atomic E-state index is 11.4. The lowest BCUT2D eigenvalue weighted by Gasteiger charge is -2.28. The fourth-order valence-electron chi connectivity index (χ4n) is 3.31. The minimum Gasteiger partial charge on any atom is -0.397 e. The Bertz CT molecular complexity index is 1050. The number of aliphatic hydroxyl groups excluding tert-OH is 1. The van der Waals surface area contributed by atoms with Crippen LogP contribution in [0, 0.1) is 0 Å². The molecule has 0 atom stereocenters. The number of nitrogens with one attached hydrogen (secondary N) is 2. The molecule has 1 aliphatic heterocycles. The van der Waals surface area contributed by atoms with E-state index in [1.165, 1.54) is 0 Å². The van der Waals surface area contributed by atoms with Gasteiger partial charge in [-0.1, -0.05) is 6.07 Å². The van der Waals surface area contributed by atoms with E-state index in [1.54, 1.807) is 30.5 Å². The van der Waals surface area contributed by atoms with Crippen LogP contribution in [-0.4, -0.2) is 53.9 Å². The molecule has 1 aliphatic rings. The second-order valence-corrected chi connectivity index (χ2v) is 7.05. The summed E-state index contributed by atoms with van der Waals surface area (Å²) in [6.07, 6.45) is 1.67. The summed E-state index contributed by atoms with van der Waals surface area (Å²) in [6.45, 7) is 2.68. The van der Waals surface area contributed by atoms with Gasteiger partial charge in [-0.05, 0) is 42.5 Å². The van der Waals surface area contributed by atoms with E-state index in [9.17, 15) is 4.79 Å². The molecule has 9 nitrogen and oxygen atoms in total. The number of carbonyl (C=O) groups is 1. The second kappa shape index (κ2) is 9.41. The molecule has 5 N–H and O–H groups in total. The van der Waals surface area contributed by atoms with Gasteiger partial charge >= 0.3 is 0 Å². The van der Waals surface area contributed by atoms with Crippen molar-refractivity contribution in [3.8, 4) is 11.3 Å². The third-order valence-corrected chi connectivity index (χ3v) is 4.92. The molecule has 0 saturated carbocycles. The van der Waals surface area contributed by atoms with Gasteiger partial charge in [-0.25, -0.2) is 9.97 Å². The van der Waals surface area contributed by atoms with E-state index in [0.717, 1.165) is 43.2 Å². The first-order valence-corrected chi connectivity index (χ1v) is 9.96. The summed E-state index contributed by atoms with van der Waals surface area (Å²) in [5, 5.41) is 14.6. The van der Waals surface area contributed by atoms with Gasteiger partial charge in [-0.15, -0.1) is 0 Å². The first-order valence-electron chi connectivity index (χ1n) is 9.96. The Kier molecular flexibility index (Phi) is 6.25. The zero-order valence-electron chi connectivity index (χ0n) is 16.9. The second-order valence-electron chi connectivity index (χ2n) is 7.05. The molecule has 4 rings (SSSR count). The van der Waals surface area contributed by atoms with Crippen LogP contribution < -0.4 is 21.3 Å². The Morgan fingerprint density at radius 2 is 1.90 bits per heavy atom. The van der Waals surface area contributed by atoms with E-state index in [1.807, 2.05) is 12.1 Å². The SMILES string of the molecule is Nc1cc(-c2ccnc(Nc3ccc(N4CCOCC4)cc3)n2)ccc1NC(=O)CO. The molecule has 2 heterocycles. The maximum atomic E-state index is 11.4. The predicted molar refractivity (Wildman–Crippen MR) is 120 cm³/mol. The Hall–Kier alpha value is -3.69. The van der Waals surface area contributed by atoms with Gasteiger partial charge < -0.3 is 31.1 Å². The van der Waals surface area contributed by atoms with Crippen molar-refractivity contribution in [2.45, 2.75) is 0 Å². The third kappa shape index (κ3) is 5.08. The Balaban J connectivity index is 1.47. The number of morpholine rings is 1. The quantitative estimate of drug-likeness (QED) is 0.448. The number of anilines is 5. The fraction of sp³-hybridized carbons (Fsp3) is 0.227. The molecule has 0 unspecified atom stereocenters. The Morgan fingerprint density at radius 3 is 2.61 bits per heavy atom. The summed E-state index contributed by atoms with van der Waals surface area (Å²) in [4.78, 5) is 22.5. The number of nitrogen functional groups attached to an aromatic ring is 1. The summed E-state index contributed by atoms with van der Waals surface area (Å²) in [5.74, 6) is -0.0551. The summed E-state index contributed by atoms with van der Waals surface area (Å²) >= 11 is 0. The van der Waals surface area contributed by atoms with Gasteiger partial charge in [-0.2, -0.15) is 0 Å². The van der Waals surface area contributed by atoms with Crippen LogP contribution in [0.4, 0.5) is 28.7 Å². The van der Waals surface area contributed by atoms with Gasteiger partial charge in [0.15, 0.2) is 0 Å². The number of benzene rings is 2. The van der Waals surface area contributed by atoms with E-state index in [2.05, 4.69) is 37.6 Å². The third-order valence-electron chi connectivity index (χ3n) is 4.92. The summed E-state index contributed by atoms with van der Waals surface area (Å²) < 4.78 is 5.40. The molecule has 9 heteroatoms. The van der Waals surface area contributed by atoms with Gasteiger partial charge in [0.25, 0.3) is 0 Å². The van der Waals surface area contributed by atoms with Crippen LogP contribution in [0.5, 0.6) is 0 Å². The van der Waals surface area contributed by atoms with Crippen LogP contribution >= 0.6 is 0 Å². The number of nitrogens with two attached hydrogens (primary N) is 1. The van der Waals surface area contributed by atoms with Gasteiger partial charge in [-0.3, -0.25) is 4.79 Å². The molecule has 1 aromatic heterocycles. The van der Waals surface area contributed by atoms with E-state index in [-0.39, 0.29) is 0 Å². The standard InChI is InChI=1S/C22H24N6O3/c23-18-13-15(1-6-20(18)26-21(30)14-29)19-7-8-24-22(27-19)25-16-2-4-17(5-3-16)28-9-11-31-12-10-28/h1-8,13,29H,9-12,14,23H2,(H,26,30)(H,24,25,27). The largest absolute Gasteiger partial charge is 0.397 e. The van der Waals surface area contributed by atoms with Gasteiger partial charge in [0, 0.05) is 36.2 Å². The molecule has 0 bridgehead atoms. The topological polar surface area (TPSA) is 126 Å². The molecule has 3 aromatic rings. The Labute approximate surface area is 179 Å². The highest BCUT2D eigenvalue weighted by atomic mass is 16.5. The molecule has 0 aliphatic carbocycles. The molecule has 1 fully saturated rings. The van der Waals surface area contributed by atoms with Crippen molar-refractivity contribution in [2.24, 2.45) is 0 Å². The van der Waals surface area contributed by atoms with Gasteiger partial charge in [0.1, 0.15) is 6.61 Å². The fourth-order valence-corrected chi connectivity index (χ4v) is 3.31. The Morgan fingerprint density at radius 1 is 1.13 bits per heavy atom. The van der Waals surface area contributed by atoms with Crippen molar-refractivity contribution in [3.63, 3.8) is 0 Å². The molecule has 160 valence electrons. The number of ether oxygens (including phenoxy) is 1. The molecule has 1 amide bonds. The summed E-state index contributed by atoms with van der Waals surface area (Å²) in [5.41, 5.74) is 10.4. The molecule has 31 heavy (non-hydrogen) atoms. The number of hydrogen-bond acceptors (Lipinski definition) is 8. The minimum absolute atomic E-state index is 0.381. The number of rotatable bonds is 6. The first kappa shape index (κ1) is 20.6. The van der Waals surface area contributed by atoms with Crippen molar-refractivity contribution < 1.29 is 14.6 Å². The lowest BCUT2D eigenvalue weighted by Crippen LogP contribution is -2.36. The lowest BCUT2D eigenvalue weighted by atomic mass is 10.1. The highest BCUT2D eigenvalue weighted by molar-refractivity contribution is 5.95. The van der Waals surface area contributed by atoms with E-state index in [0.29, 0.717) is 23.0 Å². The van der Waals surface area contributed by atoms with Crippen molar-refractivity contribution >= 4 is 34.6 Å². The maximum Gasteiger partial charge on any atom is 0.250 e. The highest BCUT2D eigenvalue weighted by Gasteiger charge is 2.11. The zero-order chi connectivity index (χ0) is 21.6. The first-order chi connectivity index (χ1) is 15.1. The van der Waals surface area contributed by atoms with Crippen molar-refractivity contribution in [3.05, 3.63) is 54.7 Å². The summed E-state index contributed by atoms with van der Waals surface area (Å²) in [6, 6.07) is 15.1. The minimum atomic E-state index is -0.602. The zero-order valence-corrected chi connectivity index (χ0v) is 16.9. The molecule has 0 spiro atoms. The number of aliphatic hydroxyl groups is 1. The monoisotopic (exact) mass is 420 g/mol. The van der Waals surface area contributed by atoms with E-state index < -0.39 is 12.5 Å². The number of carbonyl (C=O) groups excluding carboxylic acids is 1. The highest BCUT2D eigenvalue weighted by Crippen LogP contribution is 2.27. The van der Waals surface area contributed by atoms with Gasteiger partial charge in [0.05, 0.1) is 30.3 Å². The predicted octanol–water partition coefficient (Wildman–Crippen LogP) is 2.24. The lowest BCUT2D eigenvalue weighted by molar-refractivity contribution is -0.118. The number of nitrogens with zero attached hydrogens (tertiary/aromatic N) is 3. The van der Waals surface area contributed by atoms with Crippen LogP contribution in [0.1, 0.15) is 0 Å². The van der Waals surface area contributed by atoms with Crippen LogP contribution in [-0.2, 0) is 9.53 Å². The van der Waals surface area contributed by atoms with Crippen LogP contribution in [0.2, 0.25) is 0 Å². The van der Waals surface area contributed by atoms with Crippen molar-refractivity contribution in [2.75, 3.05) is 54.2 Å².